The number of hydrogen-bond donors (Lipinski definition) is 2. The van der Waals surface area contributed by atoms with E-state index in [0.29, 0.717) is 5.56 Å². The van der Waals surface area contributed by atoms with Gasteiger partial charge in [-0.25, -0.2) is 4.39 Å². The molecule has 2 aromatic rings. The second-order valence-corrected chi connectivity index (χ2v) is 6.35. The highest BCUT2D eigenvalue weighted by Crippen LogP contribution is 2.24. The molecule has 0 saturated heterocycles. The number of nitrogens with two attached hydrogens (primary N) is 1. The lowest BCUT2D eigenvalue weighted by atomic mass is 9.90. The average molecular weight is 314 g/mol. The van der Waals surface area contributed by atoms with Crippen molar-refractivity contribution >= 4 is 5.91 Å². The van der Waals surface area contributed by atoms with Gasteiger partial charge in [0.25, 0.3) is 0 Å². The molecule has 0 saturated carbocycles. The van der Waals surface area contributed by atoms with Crippen molar-refractivity contribution in [2.24, 2.45) is 11.7 Å². The number of benzene rings is 2. The van der Waals surface area contributed by atoms with Gasteiger partial charge in [0.1, 0.15) is 5.82 Å². The summed E-state index contributed by atoms with van der Waals surface area (Å²) in [4.78, 5) is 12.5. The standard InChI is InChI=1S/C19H23FN2O/c1-13(17(21)14-8-5-4-6-9-14)18(23)22-19(2,3)15-10-7-11-16(20)12-15/h4-13,17H,21H2,1-3H3,(H,22,23). The van der Waals surface area contributed by atoms with E-state index in [0.717, 1.165) is 5.56 Å². The molecule has 2 aromatic carbocycles. The highest BCUT2D eigenvalue weighted by Gasteiger charge is 2.28. The van der Waals surface area contributed by atoms with Crippen LogP contribution in [0.1, 0.15) is 37.9 Å². The molecule has 0 aromatic heterocycles. The van der Waals surface area contributed by atoms with E-state index in [1.165, 1.54) is 12.1 Å². The van der Waals surface area contributed by atoms with Crippen LogP contribution in [0.2, 0.25) is 0 Å². The molecule has 0 fully saturated rings. The third-order valence-corrected chi connectivity index (χ3v) is 4.12. The SMILES string of the molecule is CC(C(=O)NC(C)(C)c1cccc(F)c1)C(N)c1ccccc1. The van der Waals surface area contributed by atoms with Gasteiger partial charge in [-0.3, -0.25) is 4.79 Å². The fourth-order valence-electron chi connectivity index (χ4n) is 2.50. The molecule has 3 N–H and O–H groups in total. The summed E-state index contributed by atoms with van der Waals surface area (Å²) in [5.74, 6) is -0.875. The molecule has 0 aliphatic heterocycles. The summed E-state index contributed by atoms with van der Waals surface area (Å²) in [7, 11) is 0. The Labute approximate surface area is 136 Å². The fourth-order valence-corrected chi connectivity index (χ4v) is 2.50. The largest absolute Gasteiger partial charge is 0.347 e. The van der Waals surface area contributed by atoms with Crippen LogP contribution in [-0.2, 0) is 10.3 Å². The molecule has 2 rings (SSSR count). The summed E-state index contributed by atoms with van der Waals surface area (Å²) >= 11 is 0. The average Bonchev–Trinajstić information content (AvgIpc) is 2.54. The Hall–Kier alpha value is -2.20. The van der Waals surface area contributed by atoms with Gasteiger partial charge < -0.3 is 11.1 Å². The Morgan fingerprint density at radius 3 is 2.39 bits per heavy atom. The van der Waals surface area contributed by atoms with Crippen molar-refractivity contribution in [2.75, 3.05) is 0 Å². The van der Waals surface area contributed by atoms with E-state index in [1.807, 2.05) is 44.2 Å². The van der Waals surface area contributed by atoms with E-state index < -0.39 is 11.5 Å². The van der Waals surface area contributed by atoms with Gasteiger partial charge in [0.05, 0.1) is 11.5 Å². The number of carbonyl (C=O) groups excluding carboxylic acids is 1. The minimum absolute atomic E-state index is 0.157. The highest BCUT2D eigenvalue weighted by atomic mass is 19.1. The lowest BCUT2D eigenvalue weighted by Gasteiger charge is -2.30. The maximum Gasteiger partial charge on any atom is 0.225 e. The zero-order valence-corrected chi connectivity index (χ0v) is 13.7. The maximum atomic E-state index is 13.4. The van der Waals surface area contributed by atoms with E-state index in [2.05, 4.69) is 5.32 Å². The summed E-state index contributed by atoms with van der Waals surface area (Å²) in [5, 5.41) is 2.96. The second-order valence-electron chi connectivity index (χ2n) is 6.35. The predicted octanol–water partition coefficient (Wildman–Crippen LogP) is 3.51. The Balaban J connectivity index is 2.11. The first-order chi connectivity index (χ1) is 10.8. The smallest absolute Gasteiger partial charge is 0.225 e. The van der Waals surface area contributed by atoms with Gasteiger partial charge in [-0.15, -0.1) is 0 Å². The first kappa shape index (κ1) is 17.2. The molecule has 4 heteroatoms. The normalized spacial score (nSPS) is 14.1. The van der Waals surface area contributed by atoms with Crippen LogP contribution in [0.4, 0.5) is 4.39 Å². The maximum absolute atomic E-state index is 13.4. The monoisotopic (exact) mass is 314 g/mol. The molecule has 0 radical (unpaired) electrons. The van der Waals surface area contributed by atoms with Gasteiger partial charge in [0, 0.05) is 6.04 Å². The van der Waals surface area contributed by atoms with Crippen LogP contribution in [0, 0.1) is 11.7 Å². The molecule has 0 spiro atoms. The van der Waals surface area contributed by atoms with Gasteiger partial charge in [0.2, 0.25) is 5.91 Å². The molecule has 0 bridgehead atoms. The Bertz CT molecular complexity index is 670. The summed E-state index contributed by atoms with van der Waals surface area (Å²) < 4.78 is 13.4. The van der Waals surface area contributed by atoms with E-state index in [9.17, 15) is 9.18 Å². The molecule has 0 heterocycles. The minimum atomic E-state index is -0.677. The first-order valence-corrected chi connectivity index (χ1v) is 7.70. The van der Waals surface area contributed by atoms with Crippen LogP contribution in [0.15, 0.2) is 54.6 Å². The molecule has 3 nitrogen and oxygen atoms in total. The first-order valence-electron chi connectivity index (χ1n) is 7.70. The third-order valence-electron chi connectivity index (χ3n) is 4.12. The number of hydrogen-bond acceptors (Lipinski definition) is 2. The molecule has 1 amide bonds. The van der Waals surface area contributed by atoms with Crippen molar-refractivity contribution in [3.05, 3.63) is 71.5 Å². The van der Waals surface area contributed by atoms with Crippen molar-refractivity contribution in [3.63, 3.8) is 0 Å². The van der Waals surface area contributed by atoms with Crippen molar-refractivity contribution in [1.29, 1.82) is 0 Å². The summed E-state index contributed by atoms with van der Waals surface area (Å²) in [5.41, 5.74) is 7.15. The number of amides is 1. The van der Waals surface area contributed by atoms with Crippen LogP contribution in [0.25, 0.3) is 0 Å². The number of rotatable bonds is 5. The van der Waals surface area contributed by atoms with Crippen molar-refractivity contribution < 1.29 is 9.18 Å². The van der Waals surface area contributed by atoms with Gasteiger partial charge in [0.15, 0.2) is 0 Å². The van der Waals surface area contributed by atoms with Gasteiger partial charge in [-0.1, -0.05) is 49.4 Å². The molecule has 2 atom stereocenters. The van der Waals surface area contributed by atoms with E-state index in [-0.39, 0.29) is 17.8 Å². The van der Waals surface area contributed by atoms with Gasteiger partial charge in [-0.2, -0.15) is 0 Å². The molecular formula is C19H23FN2O. The summed E-state index contributed by atoms with van der Waals surface area (Å²) in [6, 6.07) is 15.4. The fraction of sp³-hybridized carbons (Fsp3) is 0.316. The summed E-state index contributed by atoms with van der Waals surface area (Å²) in [6.07, 6.45) is 0. The zero-order chi connectivity index (χ0) is 17.0. The van der Waals surface area contributed by atoms with Crippen LogP contribution in [0.5, 0.6) is 0 Å². The number of halogens is 1. The van der Waals surface area contributed by atoms with Crippen LogP contribution < -0.4 is 11.1 Å². The quantitative estimate of drug-likeness (QED) is 0.887. The van der Waals surface area contributed by atoms with E-state index >= 15 is 0 Å². The van der Waals surface area contributed by atoms with Crippen LogP contribution in [0.3, 0.4) is 0 Å². The Morgan fingerprint density at radius 2 is 1.78 bits per heavy atom. The summed E-state index contributed by atoms with van der Waals surface area (Å²) in [6.45, 7) is 5.50. The zero-order valence-electron chi connectivity index (χ0n) is 13.7. The predicted molar refractivity (Wildman–Crippen MR) is 90.1 cm³/mol. The van der Waals surface area contributed by atoms with Gasteiger partial charge in [-0.05, 0) is 37.1 Å². The minimum Gasteiger partial charge on any atom is -0.347 e. The van der Waals surface area contributed by atoms with Gasteiger partial charge >= 0.3 is 0 Å². The van der Waals surface area contributed by atoms with Crippen molar-refractivity contribution in [3.8, 4) is 0 Å². The molecule has 122 valence electrons. The number of nitrogens with one attached hydrogen (secondary N) is 1. The van der Waals surface area contributed by atoms with E-state index in [1.54, 1.807) is 19.1 Å². The van der Waals surface area contributed by atoms with E-state index in [4.69, 9.17) is 5.73 Å². The van der Waals surface area contributed by atoms with Crippen LogP contribution in [-0.4, -0.2) is 5.91 Å². The highest BCUT2D eigenvalue weighted by molar-refractivity contribution is 5.80. The lowest BCUT2D eigenvalue weighted by Crippen LogP contribution is -2.45. The van der Waals surface area contributed by atoms with Crippen molar-refractivity contribution in [2.45, 2.75) is 32.4 Å². The molecule has 23 heavy (non-hydrogen) atoms. The Morgan fingerprint density at radius 1 is 1.13 bits per heavy atom. The lowest BCUT2D eigenvalue weighted by molar-refractivity contribution is -0.126. The molecule has 0 aliphatic rings. The molecule has 2 unspecified atom stereocenters. The Kier molecular flexibility index (Phi) is 5.16. The number of carbonyl (C=O) groups is 1. The van der Waals surface area contributed by atoms with Crippen LogP contribution >= 0.6 is 0 Å². The molecular weight excluding hydrogens is 291 g/mol. The topological polar surface area (TPSA) is 55.1 Å². The second kappa shape index (κ2) is 6.92. The molecule has 0 aliphatic carbocycles. The van der Waals surface area contributed by atoms with Crippen molar-refractivity contribution in [1.82, 2.24) is 5.32 Å². The third kappa shape index (κ3) is 4.17.